The zero-order valence-corrected chi connectivity index (χ0v) is 8.14. The van der Waals surface area contributed by atoms with E-state index in [0.717, 1.165) is 0 Å². The van der Waals surface area contributed by atoms with Crippen LogP contribution in [-0.2, 0) is 9.53 Å². The quantitative estimate of drug-likeness (QED) is 0.465. The first-order valence-electron chi connectivity index (χ1n) is 4.45. The lowest BCUT2D eigenvalue weighted by molar-refractivity contribution is -0.145. The number of esters is 1. The Morgan fingerprint density at radius 3 is 2.71 bits per heavy atom. The van der Waals surface area contributed by atoms with E-state index in [-0.39, 0.29) is 25.9 Å². The predicted molar refractivity (Wildman–Crippen MR) is 48.1 cm³/mol. The Hall–Kier alpha value is -1.12. The molecule has 0 heterocycles. The summed E-state index contributed by atoms with van der Waals surface area (Å²) in [6.07, 6.45) is -1.37. The van der Waals surface area contributed by atoms with Gasteiger partial charge in [0.2, 0.25) is 0 Å². The van der Waals surface area contributed by atoms with E-state index in [1.54, 1.807) is 0 Å². The van der Waals surface area contributed by atoms with Crippen molar-refractivity contribution >= 4 is 5.97 Å². The molecule has 14 heavy (non-hydrogen) atoms. The molecule has 0 radical (unpaired) electrons. The minimum atomic E-state index is -0.885. The van der Waals surface area contributed by atoms with Crippen LogP contribution < -0.4 is 0 Å². The predicted octanol–water partition coefficient (Wildman–Crippen LogP) is -0.0348. The first-order chi connectivity index (χ1) is 6.56. The van der Waals surface area contributed by atoms with Crippen molar-refractivity contribution in [1.29, 1.82) is 5.26 Å². The Kier molecular flexibility index (Phi) is 6.72. The van der Waals surface area contributed by atoms with Crippen molar-refractivity contribution in [2.24, 2.45) is 0 Å². The highest BCUT2D eigenvalue weighted by Gasteiger charge is 2.13. The number of rotatable bonds is 6. The van der Waals surface area contributed by atoms with Crippen LogP contribution in [0.3, 0.4) is 0 Å². The van der Waals surface area contributed by atoms with Crippen molar-refractivity contribution in [2.75, 3.05) is 6.61 Å². The third-order valence-corrected chi connectivity index (χ3v) is 1.49. The summed E-state index contributed by atoms with van der Waals surface area (Å²) in [4.78, 5) is 10.9. The zero-order chi connectivity index (χ0) is 11.0. The summed E-state index contributed by atoms with van der Waals surface area (Å²) in [6.45, 7) is 1.58. The lowest BCUT2D eigenvalue weighted by Crippen LogP contribution is -2.20. The Bertz CT molecular complexity index is 209. The van der Waals surface area contributed by atoms with Gasteiger partial charge in [-0.25, -0.2) is 0 Å². The van der Waals surface area contributed by atoms with Gasteiger partial charge in [-0.15, -0.1) is 0 Å². The molecule has 0 spiro atoms. The Morgan fingerprint density at radius 2 is 2.21 bits per heavy atom. The van der Waals surface area contributed by atoms with Gasteiger partial charge in [0.15, 0.2) is 0 Å². The van der Waals surface area contributed by atoms with E-state index in [1.807, 2.05) is 6.07 Å². The van der Waals surface area contributed by atoms with Crippen molar-refractivity contribution in [3.05, 3.63) is 0 Å². The molecule has 80 valence electrons. The first-order valence-corrected chi connectivity index (χ1v) is 4.45. The molecule has 0 aliphatic heterocycles. The molecule has 0 aliphatic rings. The topological polar surface area (TPSA) is 90.6 Å². The Morgan fingerprint density at radius 1 is 1.57 bits per heavy atom. The van der Waals surface area contributed by atoms with Gasteiger partial charge in [0.25, 0.3) is 0 Å². The van der Waals surface area contributed by atoms with Crippen LogP contribution in [0.5, 0.6) is 0 Å². The van der Waals surface area contributed by atoms with E-state index >= 15 is 0 Å². The number of carbonyl (C=O) groups excluding carboxylic acids is 1. The van der Waals surface area contributed by atoms with Crippen LogP contribution in [-0.4, -0.2) is 35.0 Å². The Balaban J connectivity index is 3.56. The lowest BCUT2D eigenvalue weighted by Gasteiger charge is -2.11. The van der Waals surface area contributed by atoms with Gasteiger partial charge in [0.1, 0.15) is 6.61 Å². The van der Waals surface area contributed by atoms with E-state index in [2.05, 4.69) is 4.74 Å². The van der Waals surface area contributed by atoms with Gasteiger partial charge in [-0.05, 0) is 13.3 Å². The molecular weight excluding hydrogens is 186 g/mol. The summed E-state index contributed by atoms with van der Waals surface area (Å²) >= 11 is 0. The maximum Gasteiger partial charge on any atom is 0.308 e. The van der Waals surface area contributed by atoms with Crippen LogP contribution in [0, 0.1) is 11.3 Å². The SMILES string of the molecule is CC(O)CC(O)CC(=O)OCCC#N. The average Bonchev–Trinajstić information content (AvgIpc) is 2.02. The number of aliphatic hydroxyl groups is 2. The van der Waals surface area contributed by atoms with Gasteiger partial charge in [-0.3, -0.25) is 4.79 Å². The second kappa shape index (κ2) is 7.30. The maximum absolute atomic E-state index is 10.9. The van der Waals surface area contributed by atoms with E-state index in [1.165, 1.54) is 6.92 Å². The van der Waals surface area contributed by atoms with Gasteiger partial charge in [0.05, 0.1) is 31.1 Å². The normalized spacial score (nSPS) is 14.1. The van der Waals surface area contributed by atoms with Gasteiger partial charge < -0.3 is 14.9 Å². The number of ether oxygens (including phenoxy) is 1. The molecule has 0 aromatic carbocycles. The molecule has 2 atom stereocenters. The highest BCUT2D eigenvalue weighted by Crippen LogP contribution is 2.03. The lowest BCUT2D eigenvalue weighted by atomic mass is 10.1. The van der Waals surface area contributed by atoms with E-state index in [0.29, 0.717) is 0 Å². The molecule has 5 heteroatoms. The smallest absolute Gasteiger partial charge is 0.308 e. The molecule has 0 amide bonds. The molecule has 0 saturated carbocycles. The number of nitriles is 1. The standard InChI is InChI=1S/C9H15NO4/c1-7(11)5-8(12)6-9(13)14-4-2-3-10/h7-8,11-12H,2,4-6H2,1H3. The van der Waals surface area contributed by atoms with Crippen molar-refractivity contribution < 1.29 is 19.7 Å². The number of carbonyl (C=O) groups is 1. The maximum atomic E-state index is 10.9. The molecule has 0 aromatic rings. The molecule has 0 aromatic heterocycles. The summed E-state index contributed by atoms with van der Waals surface area (Å²) in [5, 5.41) is 26.3. The van der Waals surface area contributed by atoms with Gasteiger partial charge in [-0.2, -0.15) is 5.26 Å². The summed E-state index contributed by atoms with van der Waals surface area (Å²) in [7, 11) is 0. The second-order valence-corrected chi connectivity index (χ2v) is 3.07. The molecular formula is C9H15NO4. The number of hydrogen-bond donors (Lipinski definition) is 2. The summed E-state index contributed by atoms with van der Waals surface area (Å²) in [5.41, 5.74) is 0. The number of aliphatic hydroxyl groups excluding tert-OH is 2. The Labute approximate surface area is 82.9 Å². The average molecular weight is 201 g/mol. The number of hydrogen-bond acceptors (Lipinski definition) is 5. The summed E-state index contributed by atoms with van der Waals surface area (Å²) < 4.78 is 4.63. The molecule has 2 N–H and O–H groups in total. The molecule has 0 saturated heterocycles. The van der Waals surface area contributed by atoms with Crippen LogP contribution in [0.1, 0.15) is 26.2 Å². The molecule has 0 rings (SSSR count). The van der Waals surface area contributed by atoms with Crippen LogP contribution in [0.4, 0.5) is 0 Å². The largest absolute Gasteiger partial charge is 0.465 e. The highest BCUT2D eigenvalue weighted by atomic mass is 16.5. The third kappa shape index (κ3) is 7.53. The molecule has 0 bridgehead atoms. The van der Waals surface area contributed by atoms with E-state index in [9.17, 15) is 9.90 Å². The fourth-order valence-electron chi connectivity index (χ4n) is 0.939. The van der Waals surface area contributed by atoms with Gasteiger partial charge in [-0.1, -0.05) is 0 Å². The van der Waals surface area contributed by atoms with Crippen molar-refractivity contribution in [3.63, 3.8) is 0 Å². The van der Waals surface area contributed by atoms with Gasteiger partial charge >= 0.3 is 5.97 Å². The summed E-state index contributed by atoms with van der Waals surface area (Å²) in [6, 6.07) is 1.83. The van der Waals surface area contributed by atoms with Crippen LogP contribution in [0.2, 0.25) is 0 Å². The van der Waals surface area contributed by atoms with E-state index in [4.69, 9.17) is 10.4 Å². The third-order valence-electron chi connectivity index (χ3n) is 1.49. The molecule has 0 aliphatic carbocycles. The van der Waals surface area contributed by atoms with Crippen LogP contribution in [0.15, 0.2) is 0 Å². The first kappa shape index (κ1) is 12.9. The number of nitrogens with zero attached hydrogens (tertiary/aromatic N) is 1. The van der Waals surface area contributed by atoms with Crippen LogP contribution >= 0.6 is 0 Å². The minimum Gasteiger partial charge on any atom is -0.465 e. The minimum absolute atomic E-state index is 0.0523. The summed E-state index contributed by atoms with van der Waals surface area (Å²) in [5.74, 6) is -0.548. The van der Waals surface area contributed by atoms with Crippen molar-refractivity contribution in [3.8, 4) is 6.07 Å². The molecule has 0 fully saturated rings. The second-order valence-electron chi connectivity index (χ2n) is 3.07. The molecule has 2 unspecified atom stereocenters. The fraction of sp³-hybridized carbons (Fsp3) is 0.778. The van der Waals surface area contributed by atoms with Crippen LogP contribution in [0.25, 0.3) is 0 Å². The monoisotopic (exact) mass is 201 g/mol. The van der Waals surface area contributed by atoms with Crippen molar-refractivity contribution in [2.45, 2.75) is 38.4 Å². The highest BCUT2D eigenvalue weighted by molar-refractivity contribution is 5.69. The van der Waals surface area contributed by atoms with E-state index < -0.39 is 18.2 Å². The molecule has 5 nitrogen and oxygen atoms in total. The fourth-order valence-corrected chi connectivity index (χ4v) is 0.939. The van der Waals surface area contributed by atoms with Gasteiger partial charge in [0, 0.05) is 0 Å². The zero-order valence-electron chi connectivity index (χ0n) is 8.14. The van der Waals surface area contributed by atoms with Crippen molar-refractivity contribution in [1.82, 2.24) is 0 Å².